The average Bonchev–Trinajstić information content (AvgIpc) is 2.50. The molecule has 1 aromatic rings. The number of hydrogen-bond acceptors (Lipinski definition) is 4. The van der Waals surface area contributed by atoms with Crippen molar-refractivity contribution in [2.75, 3.05) is 39.3 Å². The molecule has 1 heterocycles. The molecular formula is C15H20BrN3O3. The smallest absolute Gasteiger partial charge is 0.257 e. The Kier molecular flexibility index (Phi) is 5.79. The average molecular weight is 370 g/mol. The fraction of sp³-hybridized carbons (Fsp3) is 0.467. The Labute approximate surface area is 138 Å². The molecule has 0 saturated carbocycles. The van der Waals surface area contributed by atoms with Gasteiger partial charge in [-0.3, -0.25) is 14.5 Å². The molecule has 0 radical (unpaired) electrons. The maximum absolute atomic E-state index is 12.5. The van der Waals surface area contributed by atoms with Gasteiger partial charge in [0.05, 0.1) is 12.1 Å². The normalized spacial score (nSPS) is 15.6. The summed E-state index contributed by atoms with van der Waals surface area (Å²) in [5, 5.41) is 12.6. The van der Waals surface area contributed by atoms with Crippen LogP contribution >= 0.6 is 15.9 Å². The Morgan fingerprint density at radius 2 is 1.95 bits per heavy atom. The van der Waals surface area contributed by atoms with Gasteiger partial charge in [0.2, 0.25) is 5.91 Å². The minimum absolute atomic E-state index is 0.00640. The molecule has 2 N–H and O–H groups in total. The molecular weight excluding hydrogens is 350 g/mol. The largest absolute Gasteiger partial charge is 0.507 e. The number of phenolic OH excluding ortho intramolecular Hbond substituents is 1. The monoisotopic (exact) mass is 369 g/mol. The van der Waals surface area contributed by atoms with Gasteiger partial charge in [0.1, 0.15) is 5.75 Å². The van der Waals surface area contributed by atoms with Crippen LogP contribution in [0.1, 0.15) is 17.3 Å². The van der Waals surface area contributed by atoms with Gasteiger partial charge < -0.3 is 15.3 Å². The van der Waals surface area contributed by atoms with Crippen molar-refractivity contribution in [1.82, 2.24) is 15.1 Å². The fourth-order valence-electron chi connectivity index (χ4n) is 2.42. The summed E-state index contributed by atoms with van der Waals surface area (Å²) in [6.07, 6.45) is 0. The van der Waals surface area contributed by atoms with E-state index in [0.29, 0.717) is 44.8 Å². The Bertz CT molecular complexity index is 557. The minimum atomic E-state index is -0.184. The molecule has 0 aliphatic carbocycles. The van der Waals surface area contributed by atoms with Crippen LogP contribution in [0.3, 0.4) is 0 Å². The van der Waals surface area contributed by atoms with Gasteiger partial charge in [-0.05, 0) is 25.1 Å². The van der Waals surface area contributed by atoms with Crippen LogP contribution in [0.15, 0.2) is 22.7 Å². The summed E-state index contributed by atoms with van der Waals surface area (Å²) in [6.45, 7) is 5.26. The van der Waals surface area contributed by atoms with E-state index in [4.69, 9.17) is 0 Å². The SMILES string of the molecule is CCNC(=O)CN1CCN(C(=O)c2cc(Br)ccc2O)CC1. The van der Waals surface area contributed by atoms with Crippen LogP contribution in [0.25, 0.3) is 0 Å². The number of amides is 2. The van der Waals surface area contributed by atoms with Crippen molar-refractivity contribution in [3.8, 4) is 5.75 Å². The van der Waals surface area contributed by atoms with Gasteiger partial charge in [0.15, 0.2) is 0 Å². The topological polar surface area (TPSA) is 72.9 Å². The first-order valence-corrected chi connectivity index (χ1v) is 8.07. The van der Waals surface area contributed by atoms with Crippen molar-refractivity contribution < 1.29 is 14.7 Å². The van der Waals surface area contributed by atoms with Gasteiger partial charge >= 0.3 is 0 Å². The maximum atomic E-state index is 12.5. The third kappa shape index (κ3) is 4.20. The lowest BCUT2D eigenvalue weighted by atomic mass is 10.1. The Balaban J connectivity index is 1.92. The highest BCUT2D eigenvalue weighted by atomic mass is 79.9. The Morgan fingerprint density at radius 3 is 2.59 bits per heavy atom. The van der Waals surface area contributed by atoms with Crippen LogP contribution in [0.2, 0.25) is 0 Å². The van der Waals surface area contributed by atoms with Crippen LogP contribution in [0.5, 0.6) is 5.75 Å². The molecule has 1 aliphatic rings. The number of phenols is 1. The number of halogens is 1. The highest BCUT2D eigenvalue weighted by Gasteiger charge is 2.24. The number of rotatable bonds is 4. The number of nitrogens with one attached hydrogen (secondary N) is 1. The Morgan fingerprint density at radius 1 is 1.27 bits per heavy atom. The molecule has 0 aromatic heterocycles. The van der Waals surface area contributed by atoms with Crippen LogP contribution < -0.4 is 5.32 Å². The fourth-order valence-corrected chi connectivity index (χ4v) is 2.78. The van der Waals surface area contributed by atoms with E-state index in [0.717, 1.165) is 4.47 Å². The van der Waals surface area contributed by atoms with E-state index in [-0.39, 0.29) is 17.6 Å². The van der Waals surface area contributed by atoms with E-state index in [2.05, 4.69) is 21.2 Å². The Hall–Kier alpha value is -1.60. The molecule has 7 heteroatoms. The van der Waals surface area contributed by atoms with E-state index >= 15 is 0 Å². The summed E-state index contributed by atoms with van der Waals surface area (Å²) >= 11 is 3.31. The second-order valence-corrected chi connectivity index (χ2v) is 6.10. The van der Waals surface area contributed by atoms with Gasteiger partial charge in [-0.15, -0.1) is 0 Å². The lowest BCUT2D eigenvalue weighted by molar-refractivity contribution is -0.122. The van der Waals surface area contributed by atoms with Crippen molar-refractivity contribution in [3.63, 3.8) is 0 Å². The van der Waals surface area contributed by atoms with Gasteiger partial charge in [-0.1, -0.05) is 15.9 Å². The zero-order chi connectivity index (χ0) is 16.1. The number of nitrogens with zero attached hydrogens (tertiary/aromatic N) is 2. The molecule has 1 saturated heterocycles. The second kappa shape index (κ2) is 7.60. The van der Waals surface area contributed by atoms with Crippen LogP contribution in [0.4, 0.5) is 0 Å². The van der Waals surface area contributed by atoms with E-state index in [9.17, 15) is 14.7 Å². The molecule has 0 unspecified atom stereocenters. The quantitative estimate of drug-likeness (QED) is 0.831. The molecule has 0 spiro atoms. The number of likely N-dealkylation sites (N-methyl/N-ethyl adjacent to an activating group) is 1. The van der Waals surface area contributed by atoms with Crippen LogP contribution in [0, 0.1) is 0 Å². The maximum Gasteiger partial charge on any atom is 0.257 e. The van der Waals surface area contributed by atoms with Crippen molar-refractivity contribution in [3.05, 3.63) is 28.2 Å². The highest BCUT2D eigenvalue weighted by Crippen LogP contribution is 2.23. The zero-order valence-corrected chi connectivity index (χ0v) is 14.1. The van der Waals surface area contributed by atoms with Crippen molar-refractivity contribution >= 4 is 27.7 Å². The van der Waals surface area contributed by atoms with Crippen molar-refractivity contribution in [1.29, 1.82) is 0 Å². The highest BCUT2D eigenvalue weighted by molar-refractivity contribution is 9.10. The molecule has 120 valence electrons. The van der Waals surface area contributed by atoms with Gasteiger partial charge in [-0.2, -0.15) is 0 Å². The molecule has 1 fully saturated rings. The number of aromatic hydroxyl groups is 1. The number of piperazine rings is 1. The predicted molar refractivity (Wildman–Crippen MR) is 86.8 cm³/mol. The van der Waals surface area contributed by atoms with E-state index < -0.39 is 0 Å². The first-order chi connectivity index (χ1) is 10.5. The lowest BCUT2D eigenvalue weighted by Gasteiger charge is -2.34. The number of hydrogen-bond donors (Lipinski definition) is 2. The number of carbonyl (C=O) groups is 2. The molecule has 1 aromatic carbocycles. The molecule has 0 bridgehead atoms. The van der Waals surface area contributed by atoms with Crippen LogP contribution in [-0.4, -0.2) is 66.0 Å². The van der Waals surface area contributed by atoms with E-state index in [1.54, 1.807) is 17.0 Å². The molecule has 22 heavy (non-hydrogen) atoms. The predicted octanol–water partition coefficient (Wildman–Crippen LogP) is 1.05. The summed E-state index contributed by atoms with van der Waals surface area (Å²) in [4.78, 5) is 27.7. The third-order valence-electron chi connectivity index (χ3n) is 3.59. The zero-order valence-electron chi connectivity index (χ0n) is 12.5. The lowest BCUT2D eigenvalue weighted by Crippen LogP contribution is -2.51. The standard InChI is InChI=1S/C15H20BrN3O3/c1-2-17-14(21)10-18-5-7-19(8-6-18)15(22)12-9-11(16)3-4-13(12)20/h3-4,9,20H,2,5-8,10H2,1H3,(H,17,21). The number of benzene rings is 1. The van der Waals surface area contributed by atoms with Gasteiger partial charge in [0.25, 0.3) is 5.91 Å². The van der Waals surface area contributed by atoms with E-state index in [1.165, 1.54) is 6.07 Å². The first kappa shape index (κ1) is 16.8. The van der Waals surface area contributed by atoms with Crippen molar-refractivity contribution in [2.24, 2.45) is 0 Å². The summed E-state index contributed by atoms with van der Waals surface area (Å²) < 4.78 is 0.753. The number of carbonyl (C=O) groups excluding carboxylic acids is 2. The molecule has 2 rings (SSSR count). The van der Waals surface area contributed by atoms with Gasteiger partial charge in [0, 0.05) is 37.2 Å². The first-order valence-electron chi connectivity index (χ1n) is 7.28. The molecule has 6 nitrogen and oxygen atoms in total. The third-order valence-corrected chi connectivity index (χ3v) is 4.08. The van der Waals surface area contributed by atoms with E-state index in [1.807, 2.05) is 11.8 Å². The molecule has 2 amide bonds. The summed E-state index contributed by atoms with van der Waals surface area (Å²) in [5.74, 6) is -0.193. The minimum Gasteiger partial charge on any atom is -0.507 e. The van der Waals surface area contributed by atoms with Crippen molar-refractivity contribution in [2.45, 2.75) is 6.92 Å². The molecule has 0 atom stereocenters. The summed E-state index contributed by atoms with van der Waals surface area (Å²) in [6, 6.07) is 4.82. The summed E-state index contributed by atoms with van der Waals surface area (Å²) in [7, 11) is 0. The second-order valence-electron chi connectivity index (χ2n) is 5.18. The summed E-state index contributed by atoms with van der Waals surface area (Å²) in [5.41, 5.74) is 0.298. The molecule has 1 aliphatic heterocycles. The van der Waals surface area contributed by atoms with Gasteiger partial charge in [-0.25, -0.2) is 0 Å². The van der Waals surface area contributed by atoms with Crippen LogP contribution in [-0.2, 0) is 4.79 Å².